The molecule has 0 bridgehead atoms. The maximum absolute atomic E-state index is 9.47. The van der Waals surface area contributed by atoms with Crippen LogP contribution in [0.15, 0.2) is 0 Å². The van der Waals surface area contributed by atoms with Gasteiger partial charge in [0.05, 0.1) is 6.61 Å². The number of rotatable bonds is 6. The van der Waals surface area contributed by atoms with E-state index in [1.54, 1.807) is 11.8 Å². The van der Waals surface area contributed by atoms with E-state index in [9.17, 15) is 5.11 Å². The molecule has 1 heterocycles. The standard InChI is InChI=1S/C16H32N2OS/c1-12(16(11-19)20-2)18-15-9-4-3-7-13(15)14-8-5-6-10-17-14/h12-19H,3-11H2,1-2H3. The maximum Gasteiger partial charge on any atom is 0.0564 e. The van der Waals surface area contributed by atoms with Gasteiger partial charge in [0.15, 0.2) is 0 Å². The van der Waals surface area contributed by atoms with Gasteiger partial charge in [-0.05, 0) is 51.3 Å². The van der Waals surface area contributed by atoms with Crippen LogP contribution in [0.3, 0.4) is 0 Å². The molecule has 5 atom stereocenters. The van der Waals surface area contributed by atoms with E-state index in [0.29, 0.717) is 17.3 Å². The van der Waals surface area contributed by atoms with Crippen molar-refractivity contribution in [3.63, 3.8) is 0 Å². The molecule has 1 aliphatic carbocycles. The molecule has 0 aromatic rings. The van der Waals surface area contributed by atoms with Crippen LogP contribution in [0.2, 0.25) is 0 Å². The highest BCUT2D eigenvalue weighted by atomic mass is 32.2. The first kappa shape index (κ1) is 16.6. The van der Waals surface area contributed by atoms with Gasteiger partial charge >= 0.3 is 0 Å². The fraction of sp³-hybridized carbons (Fsp3) is 1.00. The predicted octanol–water partition coefficient (Wildman–Crippen LogP) is 2.39. The van der Waals surface area contributed by atoms with E-state index in [2.05, 4.69) is 23.8 Å². The number of thioether (sulfide) groups is 1. The van der Waals surface area contributed by atoms with Crippen LogP contribution >= 0.6 is 11.8 Å². The lowest BCUT2D eigenvalue weighted by Gasteiger charge is -2.41. The van der Waals surface area contributed by atoms with E-state index in [-0.39, 0.29) is 6.61 Å². The maximum atomic E-state index is 9.47. The highest BCUT2D eigenvalue weighted by molar-refractivity contribution is 7.99. The highest BCUT2D eigenvalue weighted by Gasteiger charge is 2.33. The molecular weight excluding hydrogens is 268 g/mol. The first-order valence-corrected chi connectivity index (χ1v) is 9.68. The molecule has 0 spiro atoms. The van der Waals surface area contributed by atoms with E-state index in [1.165, 1.54) is 51.5 Å². The summed E-state index contributed by atoms with van der Waals surface area (Å²) in [5, 5.41) is 17.4. The van der Waals surface area contributed by atoms with E-state index in [4.69, 9.17) is 0 Å². The first-order valence-electron chi connectivity index (χ1n) is 8.39. The van der Waals surface area contributed by atoms with Gasteiger partial charge in [-0.1, -0.05) is 19.3 Å². The molecule has 2 fully saturated rings. The van der Waals surface area contributed by atoms with Gasteiger partial charge in [0, 0.05) is 23.4 Å². The highest BCUT2D eigenvalue weighted by Crippen LogP contribution is 2.31. The van der Waals surface area contributed by atoms with Crippen molar-refractivity contribution in [2.24, 2.45) is 5.92 Å². The number of hydrogen-bond acceptors (Lipinski definition) is 4. The van der Waals surface area contributed by atoms with Gasteiger partial charge < -0.3 is 15.7 Å². The van der Waals surface area contributed by atoms with E-state index in [1.807, 2.05) is 0 Å². The Morgan fingerprint density at radius 3 is 2.60 bits per heavy atom. The third-order valence-corrected chi connectivity index (χ3v) is 6.36. The van der Waals surface area contributed by atoms with Gasteiger partial charge in [0.1, 0.15) is 0 Å². The SMILES string of the molecule is CSC(CO)C(C)NC1CCCCC1C1CCCCN1. The van der Waals surface area contributed by atoms with Gasteiger partial charge in [-0.3, -0.25) is 0 Å². The number of nitrogens with one attached hydrogen (secondary N) is 2. The second-order valence-electron chi connectivity index (χ2n) is 6.52. The minimum atomic E-state index is 0.272. The summed E-state index contributed by atoms with van der Waals surface area (Å²) >= 11 is 1.78. The predicted molar refractivity (Wildman–Crippen MR) is 88.4 cm³/mol. The van der Waals surface area contributed by atoms with Crippen molar-refractivity contribution in [1.82, 2.24) is 10.6 Å². The zero-order valence-corrected chi connectivity index (χ0v) is 13.9. The van der Waals surface area contributed by atoms with Gasteiger partial charge in [0.2, 0.25) is 0 Å². The fourth-order valence-electron chi connectivity index (χ4n) is 3.97. The Hall–Kier alpha value is 0.230. The zero-order chi connectivity index (χ0) is 14.4. The van der Waals surface area contributed by atoms with Crippen LogP contribution in [0.25, 0.3) is 0 Å². The molecule has 3 nitrogen and oxygen atoms in total. The van der Waals surface area contributed by atoms with E-state index >= 15 is 0 Å². The molecule has 0 aromatic heterocycles. The minimum Gasteiger partial charge on any atom is -0.395 e. The first-order chi connectivity index (χ1) is 9.76. The lowest BCUT2D eigenvalue weighted by molar-refractivity contribution is 0.168. The van der Waals surface area contributed by atoms with Crippen molar-refractivity contribution < 1.29 is 5.11 Å². The van der Waals surface area contributed by atoms with Crippen molar-refractivity contribution >= 4 is 11.8 Å². The topological polar surface area (TPSA) is 44.3 Å². The number of piperidine rings is 1. The molecular formula is C16H32N2OS. The Labute approximate surface area is 128 Å². The minimum absolute atomic E-state index is 0.272. The lowest BCUT2D eigenvalue weighted by Crippen LogP contribution is -2.54. The van der Waals surface area contributed by atoms with Crippen molar-refractivity contribution in [2.45, 2.75) is 75.2 Å². The van der Waals surface area contributed by atoms with Crippen LogP contribution in [0.1, 0.15) is 51.9 Å². The number of aliphatic hydroxyl groups excluding tert-OH is 1. The summed E-state index contributed by atoms with van der Waals surface area (Å²) in [5.41, 5.74) is 0. The summed E-state index contributed by atoms with van der Waals surface area (Å²) < 4.78 is 0. The Bertz CT molecular complexity index is 267. The Morgan fingerprint density at radius 2 is 1.95 bits per heavy atom. The third-order valence-electron chi connectivity index (χ3n) is 5.20. The quantitative estimate of drug-likeness (QED) is 0.705. The van der Waals surface area contributed by atoms with E-state index in [0.717, 1.165) is 12.0 Å². The Kier molecular flexibility index (Phi) is 7.15. The summed E-state index contributed by atoms with van der Waals surface area (Å²) in [5.74, 6) is 0.785. The average molecular weight is 301 g/mol. The molecule has 118 valence electrons. The molecule has 0 radical (unpaired) electrons. The number of aliphatic hydroxyl groups is 1. The van der Waals surface area contributed by atoms with Crippen LogP contribution in [0, 0.1) is 5.92 Å². The molecule has 0 amide bonds. The van der Waals surface area contributed by atoms with Gasteiger partial charge in [-0.2, -0.15) is 11.8 Å². The van der Waals surface area contributed by atoms with Crippen LogP contribution in [-0.4, -0.2) is 47.9 Å². The average Bonchev–Trinajstić information content (AvgIpc) is 2.50. The van der Waals surface area contributed by atoms with Crippen molar-refractivity contribution in [2.75, 3.05) is 19.4 Å². The monoisotopic (exact) mass is 300 g/mol. The van der Waals surface area contributed by atoms with Gasteiger partial charge in [-0.25, -0.2) is 0 Å². The molecule has 1 saturated heterocycles. The molecule has 4 heteroatoms. The van der Waals surface area contributed by atoms with E-state index < -0.39 is 0 Å². The molecule has 5 unspecified atom stereocenters. The summed E-state index contributed by atoms with van der Waals surface area (Å²) in [6.45, 7) is 3.71. The normalized spacial score (nSPS) is 34.6. The third kappa shape index (κ3) is 4.36. The molecule has 3 N–H and O–H groups in total. The Balaban J connectivity index is 1.92. The fourth-order valence-corrected chi connectivity index (χ4v) is 4.61. The largest absolute Gasteiger partial charge is 0.395 e. The summed E-state index contributed by atoms with van der Waals surface area (Å²) in [7, 11) is 0. The van der Waals surface area contributed by atoms with Crippen LogP contribution < -0.4 is 10.6 Å². The molecule has 2 rings (SSSR count). The molecule has 1 saturated carbocycles. The molecule has 2 aliphatic rings. The smallest absolute Gasteiger partial charge is 0.0564 e. The second-order valence-corrected chi connectivity index (χ2v) is 7.60. The summed E-state index contributed by atoms with van der Waals surface area (Å²) in [6.07, 6.45) is 11.6. The Morgan fingerprint density at radius 1 is 1.20 bits per heavy atom. The molecule has 1 aliphatic heterocycles. The van der Waals surface area contributed by atoms with Crippen molar-refractivity contribution in [3.8, 4) is 0 Å². The van der Waals surface area contributed by atoms with Crippen LogP contribution in [0.4, 0.5) is 0 Å². The second kappa shape index (κ2) is 8.62. The molecule has 0 aromatic carbocycles. The van der Waals surface area contributed by atoms with Gasteiger partial charge in [0.25, 0.3) is 0 Å². The van der Waals surface area contributed by atoms with Crippen LogP contribution in [0.5, 0.6) is 0 Å². The summed E-state index contributed by atoms with van der Waals surface area (Å²) in [4.78, 5) is 0. The van der Waals surface area contributed by atoms with Crippen molar-refractivity contribution in [1.29, 1.82) is 0 Å². The van der Waals surface area contributed by atoms with Gasteiger partial charge in [-0.15, -0.1) is 0 Å². The lowest BCUT2D eigenvalue weighted by atomic mass is 9.77. The van der Waals surface area contributed by atoms with Crippen LogP contribution in [-0.2, 0) is 0 Å². The zero-order valence-electron chi connectivity index (χ0n) is 13.1. The number of hydrogen-bond donors (Lipinski definition) is 3. The summed E-state index contributed by atoms with van der Waals surface area (Å²) in [6, 6.07) is 1.75. The molecule has 20 heavy (non-hydrogen) atoms. The van der Waals surface area contributed by atoms with Crippen molar-refractivity contribution in [3.05, 3.63) is 0 Å².